The molecule has 7 heteroatoms. The Bertz CT molecular complexity index is 1580. The van der Waals surface area contributed by atoms with Crippen LogP contribution in [-0.4, -0.2) is 28.0 Å². The van der Waals surface area contributed by atoms with Gasteiger partial charge in [-0.3, -0.25) is 14.5 Å². The van der Waals surface area contributed by atoms with Crippen molar-refractivity contribution in [3.63, 3.8) is 0 Å². The smallest absolute Gasteiger partial charge is 0.300 e. The number of halogens is 1. The van der Waals surface area contributed by atoms with E-state index in [9.17, 15) is 14.7 Å². The average molecular weight is 515 g/mol. The second kappa shape index (κ2) is 9.45. The largest absolute Gasteiger partial charge is 0.507 e. The molecule has 1 aliphatic heterocycles. The summed E-state index contributed by atoms with van der Waals surface area (Å²) in [5.74, 6) is -1.33. The number of aliphatic hydroxyl groups is 1. The quantitative estimate of drug-likeness (QED) is 0.188. The van der Waals surface area contributed by atoms with Crippen LogP contribution in [0.4, 0.5) is 5.69 Å². The molecule has 0 saturated carbocycles. The minimum Gasteiger partial charge on any atom is -0.507 e. The van der Waals surface area contributed by atoms with E-state index in [1.807, 2.05) is 81.0 Å². The highest BCUT2D eigenvalue weighted by molar-refractivity contribution is 6.52. The minimum atomic E-state index is -0.835. The van der Waals surface area contributed by atoms with E-state index in [-0.39, 0.29) is 11.3 Å². The van der Waals surface area contributed by atoms with Crippen LogP contribution >= 0.6 is 11.6 Å². The number of anilines is 1. The van der Waals surface area contributed by atoms with Gasteiger partial charge in [-0.1, -0.05) is 35.9 Å². The van der Waals surface area contributed by atoms with Crippen LogP contribution < -0.4 is 9.64 Å². The van der Waals surface area contributed by atoms with Crippen LogP contribution in [0.3, 0.4) is 0 Å². The number of aromatic nitrogens is 1. The summed E-state index contributed by atoms with van der Waals surface area (Å²) < 4.78 is 7.56. The lowest BCUT2D eigenvalue weighted by Gasteiger charge is -2.25. The zero-order valence-corrected chi connectivity index (χ0v) is 21.8. The summed E-state index contributed by atoms with van der Waals surface area (Å²) in [6.45, 7) is 6.11. The summed E-state index contributed by atoms with van der Waals surface area (Å²) in [5, 5.41) is 12.8. The van der Waals surface area contributed by atoms with E-state index < -0.39 is 17.7 Å². The van der Waals surface area contributed by atoms with Gasteiger partial charge in [0.2, 0.25) is 0 Å². The highest BCUT2D eigenvalue weighted by Gasteiger charge is 2.48. The highest BCUT2D eigenvalue weighted by atomic mass is 35.5. The summed E-state index contributed by atoms with van der Waals surface area (Å²) in [6.07, 6.45) is 1.91. The lowest BCUT2D eigenvalue weighted by Crippen LogP contribution is -2.29. The molecule has 0 bridgehead atoms. The molecule has 1 N–H and O–H groups in total. The molecule has 1 aliphatic rings. The molecule has 0 radical (unpaired) electrons. The fraction of sp³-hybridized carbons (Fsp3) is 0.200. The number of rotatable bonds is 5. The first-order chi connectivity index (χ1) is 17.7. The SMILES string of the molecule is CCOc1cc(/C(O)=C2\C(=O)C(=O)N(c3cc(C)cc(C)c3)C2c2cn(C)c3ccccc23)ccc1Cl. The number of ether oxygens (including phenoxy) is 1. The summed E-state index contributed by atoms with van der Waals surface area (Å²) in [5.41, 5.74) is 4.59. The molecular weight excluding hydrogens is 488 g/mol. The molecule has 188 valence electrons. The molecular formula is C30H27ClN2O4. The van der Waals surface area contributed by atoms with E-state index in [4.69, 9.17) is 16.3 Å². The normalized spacial score (nSPS) is 17.1. The van der Waals surface area contributed by atoms with E-state index in [2.05, 4.69) is 0 Å². The third-order valence-electron chi connectivity index (χ3n) is 6.66. The number of Topliss-reactive ketones (excluding diaryl/α,β-unsaturated/α-hetero) is 1. The zero-order valence-electron chi connectivity index (χ0n) is 21.1. The minimum absolute atomic E-state index is 0.0188. The topological polar surface area (TPSA) is 71.8 Å². The van der Waals surface area contributed by atoms with Crippen molar-refractivity contribution in [1.82, 2.24) is 4.57 Å². The van der Waals surface area contributed by atoms with Crippen LogP contribution in [0.2, 0.25) is 5.02 Å². The number of hydrogen-bond acceptors (Lipinski definition) is 4. The van der Waals surface area contributed by atoms with Crippen molar-refractivity contribution in [1.29, 1.82) is 0 Å². The highest BCUT2D eigenvalue weighted by Crippen LogP contribution is 2.45. The van der Waals surface area contributed by atoms with E-state index >= 15 is 0 Å². The number of hydrogen-bond donors (Lipinski definition) is 1. The van der Waals surface area contributed by atoms with Crippen molar-refractivity contribution >= 4 is 45.6 Å². The Morgan fingerprint density at radius 3 is 2.43 bits per heavy atom. The molecule has 1 fully saturated rings. The van der Waals surface area contributed by atoms with E-state index in [1.165, 1.54) is 4.90 Å². The van der Waals surface area contributed by atoms with Gasteiger partial charge in [0.15, 0.2) is 0 Å². The maximum Gasteiger partial charge on any atom is 0.300 e. The second-order valence-corrected chi connectivity index (χ2v) is 9.71. The Labute approximate surface area is 220 Å². The number of aryl methyl sites for hydroxylation is 3. The lowest BCUT2D eigenvalue weighted by atomic mass is 9.94. The van der Waals surface area contributed by atoms with Crippen molar-refractivity contribution in [3.05, 3.63) is 99.7 Å². The maximum absolute atomic E-state index is 13.6. The third kappa shape index (κ3) is 4.17. The first-order valence-electron chi connectivity index (χ1n) is 12.1. The van der Waals surface area contributed by atoms with Crippen LogP contribution in [0.15, 0.2) is 72.4 Å². The standard InChI is InChI=1S/C30H27ClN2O4/c1-5-37-25-15-19(10-11-23(25)31)28(34)26-27(22-16-32(4)24-9-7-6-8-21(22)24)33(30(36)29(26)35)20-13-17(2)12-18(3)14-20/h6-16,27,34H,5H2,1-4H3/b28-26+. The van der Waals surface area contributed by atoms with Gasteiger partial charge in [-0.25, -0.2) is 0 Å². The van der Waals surface area contributed by atoms with Crippen LogP contribution in [0.25, 0.3) is 16.7 Å². The Morgan fingerprint density at radius 2 is 1.73 bits per heavy atom. The molecule has 3 aromatic carbocycles. The predicted molar refractivity (Wildman–Crippen MR) is 146 cm³/mol. The zero-order chi connectivity index (χ0) is 26.4. The molecule has 1 aromatic heterocycles. The monoisotopic (exact) mass is 514 g/mol. The number of carbonyl (C=O) groups excluding carboxylic acids is 2. The Balaban J connectivity index is 1.80. The van der Waals surface area contributed by atoms with Gasteiger partial charge in [0.25, 0.3) is 11.7 Å². The molecule has 0 spiro atoms. The predicted octanol–water partition coefficient (Wildman–Crippen LogP) is 6.47. The second-order valence-electron chi connectivity index (χ2n) is 9.31. The molecule has 1 atom stereocenters. The summed E-state index contributed by atoms with van der Waals surface area (Å²) >= 11 is 6.26. The van der Waals surface area contributed by atoms with Crippen molar-refractivity contribution in [2.24, 2.45) is 7.05 Å². The number of amides is 1. The average Bonchev–Trinajstić information content (AvgIpc) is 3.33. The van der Waals surface area contributed by atoms with Gasteiger partial charge in [-0.05, 0) is 68.3 Å². The number of ketones is 1. The van der Waals surface area contributed by atoms with Gasteiger partial charge in [0.05, 0.1) is 23.2 Å². The number of aliphatic hydroxyl groups excluding tert-OH is 1. The molecule has 4 aromatic rings. The molecule has 5 rings (SSSR count). The Hall–Kier alpha value is -4.03. The van der Waals surface area contributed by atoms with Crippen LogP contribution in [0, 0.1) is 13.8 Å². The van der Waals surface area contributed by atoms with Crippen LogP contribution in [0.5, 0.6) is 5.75 Å². The van der Waals surface area contributed by atoms with Gasteiger partial charge in [0, 0.05) is 41.0 Å². The summed E-state index contributed by atoms with van der Waals surface area (Å²) in [4.78, 5) is 28.7. The molecule has 37 heavy (non-hydrogen) atoms. The van der Waals surface area contributed by atoms with Crippen molar-refractivity contribution in [2.75, 3.05) is 11.5 Å². The molecule has 1 saturated heterocycles. The van der Waals surface area contributed by atoms with Crippen molar-refractivity contribution in [3.8, 4) is 5.75 Å². The molecule has 2 heterocycles. The van der Waals surface area contributed by atoms with Gasteiger partial charge >= 0.3 is 0 Å². The first kappa shape index (κ1) is 24.7. The Kier molecular flexibility index (Phi) is 6.30. The molecule has 6 nitrogen and oxygen atoms in total. The lowest BCUT2D eigenvalue weighted by molar-refractivity contribution is -0.132. The van der Waals surface area contributed by atoms with Gasteiger partial charge < -0.3 is 14.4 Å². The maximum atomic E-state index is 13.6. The van der Waals surface area contributed by atoms with E-state index in [0.717, 1.165) is 27.6 Å². The third-order valence-corrected chi connectivity index (χ3v) is 6.97. The fourth-order valence-electron chi connectivity index (χ4n) is 5.15. The Morgan fingerprint density at radius 1 is 1.03 bits per heavy atom. The van der Waals surface area contributed by atoms with Gasteiger partial charge in [-0.15, -0.1) is 0 Å². The van der Waals surface area contributed by atoms with Crippen molar-refractivity contribution in [2.45, 2.75) is 26.8 Å². The number of nitrogens with zero attached hydrogens (tertiary/aromatic N) is 2. The van der Waals surface area contributed by atoms with Gasteiger partial charge in [0.1, 0.15) is 11.5 Å². The number of para-hydroxylation sites is 1. The van der Waals surface area contributed by atoms with E-state index in [0.29, 0.717) is 28.6 Å². The number of benzene rings is 3. The van der Waals surface area contributed by atoms with Crippen LogP contribution in [-0.2, 0) is 16.6 Å². The summed E-state index contributed by atoms with van der Waals surface area (Å²) in [6, 6.07) is 17.5. The van der Waals surface area contributed by atoms with E-state index in [1.54, 1.807) is 18.2 Å². The first-order valence-corrected chi connectivity index (χ1v) is 12.4. The molecule has 1 amide bonds. The number of carbonyl (C=O) groups is 2. The van der Waals surface area contributed by atoms with Crippen molar-refractivity contribution < 1.29 is 19.4 Å². The molecule has 1 unspecified atom stereocenters. The van der Waals surface area contributed by atoms with Crippen LogP contribution in [0.1, 0.15) is 35.2 Å². The number of fused-ring (bicyclic) bond motifs is 1. The molecule has 0 aliphatic carbocycles. The van der Waals surface area contributed by atoms with Gasteiger partial charge in [-0.2, -0.15) is 0 Å². The summed E-state index contributed by atoms with van der Waals surface area (Å²) in [7, 11) is 1.92. The fourth-order valence-corrected chi connectivity index (χ4v) is 5.32.